The SMILES string of the molecule is CNC(CCCCCC(C)(N)C(=O)OC)C(N)=O. The van der Waals surface area contributed by atoms with Crippen molar-refractivity contribution in [2.24, 2.45) is 11.5 Å². The van der Waals surface area contributed by atoms with Gasteiger partial charge in [-0.2, -0.15) is 0 Å². The smallest absolute Gasteiger partial charge is 0.325 e. The third kappa shape index (κ3) is 5.97. The number of ether oxygens (including phenoxy) is 1. The summed E-state index contributed by atoms with van der Waals surface area (Å²) in [5.74, 6) is -0.733. The van der Waals surface area contributed by atoms with E-state index in [2.05, 4.69) is 10.1 Å². The number of nitrogens with two attached hydrogens (primary N) is 2. The minimum absolute atomic E-state index is 0.283. The number of amides is 1. The minimum Gasteiger partial charge on any atom is -0.468 e. The Bertz CT molecular complexity index is 280. The fraction of sp³-hybridized carbons (Fsp3) is 0.833. The molecule has 0 saturated heterocycles. The molecule has 6 heteroatoms. The first-order valence-corrected chi connectivity index (χ1v) is 6.19. The van der Waals surface area contributed by atoms with Crippen molar-refractivity contribution < 1.29 is 14.3 Å². The fourth-order valence-corrected chi connectivity index (χ4v) is 1.78. The second kappa shape index (κ2) is 8.05. The highest BCUT2D eigenvalue weighted by Crippen LogP contribution is 2.14. The number of unbranched alkanes of at least 4 members (excludes halogenated alkanes) is 2. The molecular formula is C12H25N3O3. The summed E-state index contributed by atoms with van der Waals surface area (Å²) in [6, 6.07) is -0.283. The zero-order valence-electron chi connectivity index (χ0n) is 11.5. The molecule has 2 atom stereocenters. The van der Waals surface area contributed by atoms with Crippen LogP contribution in [-0.2, 0) is 14.3 Å². The van der Waals surface area contributed by atoms with Crippen LogP contribution >= 0.6 is 0 Å². The van der Waals surface area contributed by atoms with Gasteiger partial charge in [-0.15, -0.1) is 0 Å². The molecule has 6 nitrogen and oxygen atoms in total. The van der Waals surface area contributed by atoms with Gasteiger partial charge in [0.1, 0.15) is 5.54 Å². The Hall–Kier alpha value is -1.14. The molecule has 0 radical (unpaired) electrons. The molecule has 0 saturated carbocycles. The largest absolute Gasteiger partial charge is 0.468 e. The number of primary amides is 1. The number of carbonyl (C=O) groups is 2. The Morgan fingerprint density at radius 3 is 2.39 bits per heavy atom. The maximum absolute atomic E-state index is 11.3. The van der Waals surface area contributed by atoms with E-state index in [1.807, 2.05) is 0 Å². The molecule has 2 unspecified atom stereocenters. The predicted molar refractivity (Wildman–Crippen MR) is 69.7 cm³/mol. The van der Waals surface area contributed by atoms with Gasteiger partial charge < -0.3 is 21.5 Å². The summed E-state index contributed by atoms with van der Waals surface area (Å²) < 4.78 is 4.62. The Labute approximate surface area is 108 Å². The molecule has 0 bridgehead atoms. The van der Waals surface area contributed by atoms with Gasteiger partial charge in [0.15, 0.2) is 0 Å². The second-order valence-corrected chi connectivity index (χ2v) is 4.75. The summed E-state index contributed by atoms with van der Waals surface area (Å²) in [4.78, 5) is 22.3. The molecule has 0 aliphatic heterocycles. The van der Waals surface area contributed by atoms with Crippen LogP contribution in [0.3, 0.4) is 0 Å². The molecule has 0 heterocycles. The van der Waals surface area contributed by atoms with Crippen molar-refractivity contribution in [1.82, 2.24) is 5.32 Å². The van der Waals surface area contributed by atoms with Gasteiger partial charge in [-0.25, -0.2) is 0 Å². The predicted octanol–water partition coefficient (Wildman–Crippen LogP) is -0.0994. The molecule has 0 aromatic heterocycles. The zero-order valence-corrected chi connectivity index (χ0v) is 11.5. The topological polar surface area (TPSA) is 107 Å². The molecule has 0 aromatic rings. The molecule has 106 valence electrons. The molecule has 18 heavy (non-hydrogen) atoms. The number of carbonyl (C=O) groups excluding carboxylic acids is 2. The number of rotatable bonds is 9. The summed E-state index contributed by atoms with van der Waals surface area (Å²) in [5, 5.41) is 2.86. The summed E-state index contributed by atoms with van der Waals surface area (Å²) in [6.07, 6.45) is 3.85. The van der Waals surface area contributed by atoms with Gasteiger partial charge >= 0.3 is 5.97 Å². The van der Waals surface area contributed by atoms with Gasteiger partial charge in [-0.05, 0) is 26.8 Å². The first-order chi connectivity index (χ1) is 8.35. The van der Waals surface area contributed by atoms with Crippen LogP contribution in [0.25, 0.3) is 0 Å². The molecule has 1 amide bonds. The lowest BCUT2D eigenvalue weighted by molar-refractivity contribution is -0.146. The van der Waals surface area contributed by atoms with Crippen molar-refractivity contribution in [3.8, 4) is 0 Å². The van der Waals surface area contributed by atoms with Crippen LogP contribution < -0.4 is 16.8 Å². The van der Waals surface area contributed by atoms with E-state index in [1.54, 1.807) is 14.0 Å². The molecule has 0 aliphatic carbocycles. The van der Waals surface area contributed by atoms with Gasteiger partial charge in [0.25, 0.3) is 0 Å². The van der Waals surface area contributed by atoms with E-state index >= 15 is 0 Å². The van der Waals surface area contributed by atoms with Crippen LogP contribution in [0.4, 0.5) is 0 Å². The van der Waals surface area contributed by atoms with E-state index in [4.69, 9.17) is 11.5 Å². The average molecular weight is 259 g/mol. The van der Waals surface area contributed by atoms with Gasteiger partial charge in [0.2, 0.25) is 5.91 Å². The maximum Gasteiger partial charge on any atom is 0.325 e. The van der Waals surface area contributed by atoms with Crippen molar-refractivity contribution in [3.05, 3.63) is 0 Å². The average Bonchev–Trinajstić information content (AvgIpc) is 2.31. The van der Waals surface area contributed by atoms with Crippen LogP contribution in [0.1, 0.15) is 39.0 Å². The highest BCUT2D eigenvalue weighted by molar-refractivity contribution is 5.80. The minimum atomic E-state index is -0.930. The van der Waals surface area contributed by atoms with Crippen LogP contribution in [0.15, 0.2) is 0 Å². The quantitative estimate of drug-likeness (QED) is 0.396. The number of esters is 1. The molecule has 0 rings (SSSR count). The highest BCUT2D eigenvalue weighted by Gasteiger charge is 2.28. The van der Waals surface area contributed by atoms with Gasteiger partial charge in [0.05, 0.1) is 13.2 Å². The lowest BCUT2D eigenvalue weighted by atomic mass is 9.95. The zero-order chi connectivity index (χ0) is 14.2. The van der Waals surface area contributed by atoms with Crippen molar-refractivity contribution in [3.63, 3.8) is 0 Å². The Morgan fingerprint density at radius 2 is 1.94 bits per heavy atom. The van der Waals surface area contributed by atoms with E-state index in [1.165, 1.54) is 7.11 Å². The first kappa shape index (κ1) is 16.9. The van der Waals surface area contributed by atoms with Crippen molar-refractivity contribution in [2.45, 2.75) is 50.6 Å². The molecule has 0 aromatic carbocycles. The summed E-state index contributed by atoms with van der Waals surface area (Å²) in [7, 11) is 3.04. The van der Waals surface area contributed by atoms with Gasteiger partial charge in [0, 0.05) is 0 Å². The van der Waals surface area contributed by atoms with Crippen molar-refractivity contribution in [1.29, 1.82) is 0 Å². The molecule has 0 aliphatic rings. The van der Waals surface area contributed by atoms with Crippen LogP contribution in [0.5, 0.6) is 0 Å². The first-order valence-electron chi connectivity index (χ1n) is 6.19. The molecular weight excluding hydrogens is 234 g/mol. The number of hydrogen-bond donors (Lipinski definition) is 3. The van der Waals surface area contributed by atoms with Crippen molar-refractivity contribution in [2.75, 3.05) is 14.2 Å². The van der Waals surface area contributed by atoms with Crippen LogP contribution in [-0.4, -0.2) is 37.6 Å². The standard InChI is InChI=1S/C12H25N3O3/c1-12(14,11(17)18-3)8-6-4-5-7-9(15-2)10(13)16/h9,15H,4-8,14H2,1-3H3,(H2,13,16). The number of likely N-dealkylation sites (N-methyl/N-ethyl adjacent to an activating group) is 1. The van der Waals surface area contributed by atoms with E-state index in [-0.39, 0.29) is 11.9 Å². The lowest BCUT2D eigenvalue weighted by Crippen LogP contribution is -2.45. The number of methoxy groups -OCH3 is 1. The summed E-state index contributed by atoms with van der Waals surface area (Å²) in [5.41, 5.74) is 10.1. The Kier molecular flexibility index (Phi) is 7.54. The Balaban J connectivity index is 3.80. The number of hydrogen-bond acceptors (Lipinski definition) is 5. The number of nitrogens with one attached hydrogen (secondary N) is 1. The van der Waals surface area contributed by atoms with E-state index in [9.17, 15) is 9.59 Å². The Morgan fingerprint density at radius 1 is 1.33 bits per heavy atom. The molecule has 5 N–H and O–H groups in total. The highest BCUT2D eigenvalue weighted by atomic mass is 16.5. The normalized spacial score (nSPS) is 15.8. The third-order valence-corrected chi connectivity index (χ3v) is 3.03. The molecule has 0 fully saturated rings. The maximum atomic E-state index is 11.3. The van der Waals surface area contributed by atoms with E-state index in [0.29, 0.717) is 12.8 Å². The summed E-state index contributed by atoms with van der Waals surface area (Å²) in [6.45, 7) is 1.67. The monoisotopic (exact) mass is 259 g/mol. The lowest BCUT2D eigenvalue weighted by Gasteiger charge is -2.21. The van der Waals surface area contributed by atoms with Crippen molar-refractivity contribution >= 4 is 11.9 Å². The van der Waals surface area contributed by atoms with E-state index < -0.39 is 11.5 Å². The van der Waals surface area contributed by atoms with Crippen LogP contribution in [0, 0.1) is 0 Å². The van der Waals surface area contributed by atoms with Crippen LogP contribution in [0.2, 0.25) is 0 Å². The van der Waals surface area contributed by atoms with Gasteiger partial charge in [-0.3, -0.25) is 9.59 Å². The third-order valence-electron chi connectivity index (χ3n) is 3.03. The van der Waals surface area contributed by atoms with E-state index in [0.717, 1.165) is 19.3 Å². The molecule has 0 spiro atoms. The van der Waals surface area contributed by atoms with Gasteiger partial charge in [-0.1, -0.05) is 19.3 Å². The summed E-state index contributed by atoms with van der Waals surface area (Å²) >= 11 is 0. The second-order valence-electron chi connectivity index (χ2n) is 4.75. The fourth-order valence-electron chi connectivity index (χ4n) is 1.78.